The van der Waals surface area contributed by atoms with Crippen LogP contribution in [0.2, 0.25) is 0 Å². The Kier molecular flexibility index (Phi) is 31.2. The van der Waals surface area contributed by atoms with E-state index in [0.29, 0.717) is 18.6 Å². The molecule has 18 N–H and O–H groups in total. The number of thioether (sulfide) groups is 1. The molecule has 0 spiro atoms. The molecule has 0 bridgehead atoms. The van der Waals surface area contributed by atoms with Crippen molar-refractivity contribution in [3.8, 4) is 0 Å². The molecule has 10 atom stereocenters. The molecular formula is C45H82N12O13S. The van der Waals surface area contributed by atoms with Crippen LogP contribution < -0.4 is 65.5 Å². The Morgan fingerprint density at radius 3 is 1.35 bits per heavy atom. The third kappa shape index (κ3) is 27.0. The number of amides is 10. The summed E-state index contributed by atoms with van der Waals surface area (Å²) in [7, 11) is 0. The molecular weight excluding hydrogens is 949 g/mol. The van der Waals surface area contributed by atoms with E-state index in [2.05, 4.69) is 42.5 Å². The molecule has 0 aliphatic carbocycles. The van der Waals surface area contributed by atoms with Gasteiger partial charge in [0.2, 0.25) is 59.1 Å². The first-order valence-corrected chi connectivity index (χ1v) is 25.3. The second-order valence-electron chi connectivity index (χ2n) is 18.9. The lowest BCUT2D eigenvalue weighted by Crippen LogP contribution is -2.61. The second-order valence-corrected chi connectivity index (χ2v) is 19.9. The number of hydrogen-bond donors (Lipinski definition) is 14. The first-order valence-electron chi connectivity index (χ1n) is 23.9. The first-order chi connectivity index (χ1) is 33.0. The number of rotatable bonds is 36. The highest BCUT2D eigenvalue weighted by Crippen LogP contribution is 2.13. The molecule has 71 heavy (non-hydrogen) atoms. The summed E-state index contributed by atoms with van der Waals surface area (Å²) in [6.45, 7) is 13.4. The normalized spacial score (nSPS) is 15.5. The topological polar surface area (TPSA) is 429 Å². The maximum atomic E-state index is 14.1. The number of unbranched alkanes of at least 4 members (excludes halogenated alkanes) is 1. The van der Waals surface area contributed by atoms with Gasteiger partial charge >= 0.3 is 5.97 Å². The number of carboxylic acid groups (broad SMARTS) is 1. The van der Waals surface area contributed by atoms with Crippen LogP contribution in [-0.4, -0.2) is 154 Å². The van der Waals surface area contributed by atoms with Gasteiger partial charge in [0.15, 0.2) is 0 Å². The van der Waals surface area contributed by atoms with Crippen molar-refractivity contribution in [2.45, 2.75) is 180 Å². The molecule has 406 valence electrons. The van der Waals surface area contributed by atoms with Gasteiger partial charge in [-0.2, -0.15) is 11.8 Å². The monoisotopic (exact) mass is 1030 g/mol. The van der Waals surface area contributed by atoms with Gasteiger partial charge in [0.1, 0.15) is 48.3 Å². The minimum atomic E-state index is -1.67. The zero-order chi connectivity index (χ0) is 54.7. The number of nitrogens with one attached hydrogen (secondary N) is 8. The molecule has 0 aromatic carbocycles. The maximum absolute atomic E-state index is 14.1. The quantitative estimate of drug-likeness (QED) is 0.0276. The Morgan fingerprint density at radius 2 is 0.901 bits per heavy atom. The molecule has 0 rings (SSSR count). The van der Waals surface area contributed by atoms with Crippen LogP contribution >= 0.6 is 11.8 Å². The summed E-state index contributed by atoms with van der Waals surface area (Å²) in [5.74, 6) is -10.0. The number of aliphatic hydroxyl groups excluding tert-OH is 1. The van der Waals surface area contributed by atoms with E-state index in [1.807, 2.05) is 0 Å². The fourth-order valence-corrected chi connectivity index (χ4v) is 7.39. The smallest absolute Gasteiger partial charge is 0.326 e. The summed E-state index contributed by atoms with van der Waals surface area (Å²) in [6, 6.07) is -12.2. The molecule has 0 saturated carbocycles. The predicted molar refractivity (Wildman–Crippen MR) is 265 cm³/mol. The second kappa shape index (κ2) is 33.9. The van der Waals surface area contributed by atoms with Crippen molar-refractivity contribution in [3.63, 3.8) is 0 Å². The number of carbonyl (C=O) groups is 11. The van der Waals surface area contributed by atoms with Crippen LogP contribution in [0, 0.1) is 17.8 Å². The largest absolute Gasteiger partial charge is 0.480 e. The van der Waals surface area contributed by atoms with Crippen molar-refractivity contribution >= 4 is 76.8 Å². The lowest BCUT2D eigenvalue weighted by atomic mass is 10.00. The minimum absolute atomic E-state index is 0.00203. The van der Waals surface area contributed by atoms with Crippen molar-refractivity contribution in [1.82, 2.24) is 42.5 Å². The van der Waals surface area contributed by atoms with Crippen LogP contribution in [0.4, 0.5) is 0 Å². The molecule has 26 heteroatoms. The van der Waals surface area contributed by atoms with Crippen molar-refractivity contribution < 1.29 is 63.0 Å². The van der Waals surface area contributed by atoms with Crippen molar-refractivity contribution in [3.05, 3.63) is 0 Å². The number of hydrogen-bond acceptors (Lipinski definition) is 15. The van der Waals surface area contributed by atoms with Crippen molar-refractivity contribution in [2.75, 3.05) is 18.6 Å². The standard InChI is InChI=1S/C45H82N12O13S/c1-22(2)18-31(42(66)50-25(7)37(61)56-33(45(69)70)20-24(5)6)54-40(64)29(13-14-34(48)59)52-43(67)32(19-23(3)4)55-39(63)28(12-10-11-16-46)53-44(68)36(26(8)58)57-41(65)30(15-17-71-9)51-38(62)27(47)21-35(49)60/h22-33,36,58H,10-21,46-47H2,1-9H3,(H2,48,59)(H2,49,60)(H,50,66)(H,51,62)(H,52,67)(H,53,68)(H,54,64)(H,55,63)(H,56,61)(H,57,65)(H,69,70)/t25-,26+,27-,28-,29-,30-,31-,32-,33-,36-/m0/s1. The van der Waals surface area contributed by atoms with Gasteiger partial charge < -0.3 is 75.7 Å². The Labute approximate surface area is 420 Å². The summed E-state index contributed by atoms with van der Waals surface area (Å²) >= 11 is 1.35. The highest BCUT2D eigenvalue weighted by Gasteiger charge is 2.36. The van der Waals surface area contributed by atoms with Gasteiger partial charge in [0, 0.05) is 6.42 Å². The molecule has 0 heterocycles. The fraction of sp³-hybridized carbons (Fsp3) is 0.756. The van der Waals surface area contributed by atoms with E-state index in [0.717, 1.165) is 0 Å². The van der Waals surface area contributed by atoms with Gasteiger partial charge in [0.05, 0.1) is 18.6 Å². The van der Waals surface area contributed by atoms with Crippen LogP contribution in [0.5, 0.6) is 0 Å². The van der Waals surface area contributed by atoms with Gasteiger partial charge in [-0.3, -0.25) is 47.9 Å². The zero-order valence-electron chi connectivity index (χ0n) is 42.6. The van der Waals surface area contributed by atoms with Gasteiger partial charge in [-0.1, -0.05) is 41.5 Å². The predicted octanol–water partition coefficient (Wildman–Crippen LogP) is -3.16. The van der Waals surface area contributed by atoms with E-state index in [9.17, 15) is 63.0 Å². The summed E-state index contributed by atoms with van der Waals surface area (Å²) in [5.41, 5.74) is 22.0. The van der Waals surface area contributed by atoms with Crippen LogP contribution in [0.15, 0.2) is 0 Å². The molecule has 0 aliphatic rings. The molecule has 0 aromatic heterocycles. The Morgan fingerprint density at radius 1 is 0.493 bits per heavy atom. The third-order valence-electron chi connectivity index (χ3n) is 10.7. The highest BCUT2D eigenvalue weighted by atomic mass is 32.2. The molecule has 25 nitrogen and oxygen atoms in total. The van der Waals surface area contributed by atoms with Gasteiger partial charge in [0.25, 0.3) is 0 Å². The lowest BCUT2D eigenvalue weighted by molar-refractivity contribution is -0.142. The number of aliphatic carboxylic acids is 1. The van der Waals surface area contributed by atoms with E-state index in [1.54, 1.807) is 47.8 Å². The van der Waals surface area contributed by atoms with E-state index in [-0.39, 0.29) is 69.2 Å². The SMILES string of the molecule is CSCC[C@H](NC(=O)[C@@H](N)CC(N)=O)C(=O)N[C@H](C(=O)N[C@@H](CCCCN)C(=O)N[C@@H](CC(C)C)C(=O)N[C@@H](CCC(N)=O)C(=O)N[C@@H](CC(C)C)C(=O)N[C@@H](C)C(=O)N[C@@H](CC(C)C)C(=O)O)[C@@H](C)O. The van der Waals surface area contributed by atoms with Crippen LogP contribution in [-0.2, 0) is 52.7 Å². The van der Waals surface area contributed by atoms with Crippen LogP contribution in [0.1, 0.15) is 120 Å². The number of primary amides is 2. The fourth-order valence-electron chi connectivity index (χ4n) is 6.92. The molecule has 0 aromatic rings. The van der Waals surface area contributed by atoms with E-state index >= 15 is 0 Å². The Hall–Kier alpha value is -5.60. The summed E-state index contributed by atoms with van der Waals surface area (Å²) < 4.78 is 0. The molecule has 0 saturated heterocycles. The summed E-state index contributed by atoms with van der Waals surface area (Å²) in [6.07, 6.45) is -0.0370. The number of carbonyl (C=O) groups excluding carboxylic acids is 10. The zero-order valence-corrected chi connectivity index (χ0v) is 43.4. The Bertz CT molecular complexity index is 1800. The number of carboxylic acids is 1. The van der Waals surface area contributed by atoms with Gasteiger partial charge in [-0.15, -0.1) is 0 Å². The van der Waals surface area contributed by atoms with E-state index < -0.39 is 132 Å². The van der Waals surface area contributed by atoms with Crippen molar-refractivity contribution in [1.29, 1.82) is 0 Å². The number of nitrogens with two attached hydrogens (primary N) is 4. The van der Waals surface area contributed by atoms with E-state index in [1.165, 1.54) is 25.6 Å². The first kappa shape index (κ1) is 65.4. The van der Waals surface area contributed by atoms with Gasteiger partial charge in [-0.05, 0) is 102 Å². The molecule has 10 amide bonds. The summed E-state index contributed by atoms with van der Waals surface area (Å²) in [5, 5.41) is 40.3. The van der Waals surface area contributed by atoms with Crippen LogP contribution in [0.3, 0.4) is 0 Å². The van der Waals surface area contributed by atoms with E-state index in [4.69, 9.17) is 22.9 Å². The third-order valence-corrected chi connectivity index (χ3v) is 11.4. The van der Waals surface area contributed by atoms with Crippen LogP contribution in [0.25, 0.3) is 0 Å². The number of aliphatic hydroxyl groups is 1. The summed E-state index contributed by atoms with van der Waals surface area (Å²) in [4.78, 5) is 144. The minimum Gasteiger partial charge on any atom is -0.480 e. The molecule has 0 fully saturated rings. The molecule has 0 aliphatic heterocycles. The average molecular weight is 1030 g/mol. The molecule has 0 unspecified atom stereocenters. The van der Waals surface area contributed by atoms with Gasteiger partial charge in [-0.25, -0.2) is 4.79 Å². The lowest BCUT2D eigenvalue weighted by Gasteiger charge is -2.29. The highest BCUT2D eigenvalue weighted by molar-refractivity contribution is 7.98. The van der Waals surface area contributed by atoms with Crippen molar-refractivity contribution in [2.24, 2.45) is 40.7 Å². The average Bonchev–Trinajstić information content (AvgIpc) is 3.25. The Balaban J connectivity index is 6.58. The maximum Gasteiger partial charge on any atom is 0.326 e. The molecule has 0 radical (unpaired) electrons.